The number of amides is 1. The van der Waals surface area contributed by atoms with Gasteiger partial charge in [-0.1, -0.05) is 36.4 Å². The first-order chi connectivity index (χ1) is 7.24. The molecule has 1 rings (SSSR count). The second-order valence-corrected chi connectivity index (χ2v) is 3.50. The molecule has 0 heterocycles. The largest absolute Gasteiger partial charge is 0.338 e. The minimum Gasteiger partial charge on any atom is -0.338 e. The molecule has 1 aromatic carbocycles. The molecule has 0 atom stereocenters. The molecule has 2 heteroatoms. The van der Waals surface area contributed by atoms with E-state index in [0.717, 1.165) is 18.5 Å². The zero-order valence-corrected chi connectivity index (χ0v) is 9.15. The van der Waals surface area contributed by atoms with Crippen molar-refractivity contribution >= 4 is 5.91 Å². The molecule has 1 aromatic rings. The zero-order chi connectivity index (χ0) is 11.1. The maximum absolute atomic E-state index is 11.3. The van der Waals surface area contributed by atoms with E-state index in [-0.39, 0.29) is 5.91 Å². The van der Waals surface area contributed by atoms with Crippen LogP contribution < -0.4 is 0 Å². The van der Waals surface area contributed by atoms with Crippen LogP contribution in [0.1, 0.15) is 18.9 Å². The van der Waals surface area contributed by atoms with Gasteiger partial charge >= 0.3 is 0 Å². The molecular formula is C13H17NO. The lowest BCUT2D eigenvalue weighted by atomic mass is 10.2. The van der Waals surface area contributed by atoms with Crippen LogP contribution in [0.3, 0.4) is 0 Å². The molecule has 0 saturated heterocycles. The second kappa shape index (κ2) is 6.02. The number of carbonyl (C=O) groups is 1. The highest BCUT2D eigenvalue weighted by Crippen LogP contribution is 2.05. The molecule has 1 amide bonds. The van der Waals surface area contributed by atoms with Gasteiger partial charge in [-0.2, -0.15) is 0 Å². The van der Waals surface area contributed by atoms with Crippen LogP contribution in [0.15, 0.2) is 43.0 Å². The lowest BCUT2D eigenvalue weighted by Crippen LogP contribution is -2.28. The molecule has 0 aliphatic rings. The van der Waals surface area contributed by atoms with Crippen molar-refractivity contribution in [2.75, 3.05) is 6.54 Å². The van der Waals surface area contributed by atoms with Gasteiger partial charge < -0.3 is 4.90 Å². The van der Waals surface area contributed by atoms with Crippen molar-refractivity contribution in [1.82, 2.24) is 4.90 Å². The van der Waals surface area contributed by atoms with Gasteiger partial charge in [-0.05, 0) is 12.0 Å². The summed E-state index contributed by atoms with van der Waals surface area (Å²) < 4.78 is 0. The molecule has 15 heavy (non-hydrogen) atoms. The van der Waals surface area contributed by atoms with E-state index < -0.39 is 0 Å². The fourth-order valence-corrected chi connectivity index (χ4v) is 1.40. The Balaban J connectivity index is 2.58. The summed E-state index contributed by atoms with van der Waals surface area (Å²) in [5, 5.41) is 0. The van der Waals surface area contributed by atoms with Gasteiger partial charge in [-0.15, -0.1) is 6.58 Å². The summed E-state index contributed by atoms with van der Waals surface area (Å²) in [5.74, 6) is 0.112. The average molecular weight is 203 g/mol. The van der Waals surface area contributed by atoms with E-state index >= 15 is 0 Å². The minimum absolute atomic E-state index is 0.112. The summed E-state index contributed by atoms with van der Waals surface area (Å²) in [4.78, 5) is 13.2. The minimum atomic E-state index is 0.112. The topological polar surface area (TPSA) is 20.3 Å². The van der Waals surface area contributed by atoms with Gasteiger partial charge in [-0.3, -0.25) is 4.79 Å². The third-order valence-electron chi connectivity index (χ3n) is 2.26. The van der Waals surface area contributed by atoms with Crippen LogP contribution in [-0.4, -0.2) is 17.4 Å². The summed E-state index contributed by atoms with van der Waals surface area (Å²) in [5.41, 5.74) is 1.16. The third kappa shape index (κ3) is 3.98. The molecule has 0 aromatic heterocycles. The predicted octanol–water partition coefficient (Wildman–Crippen LogP) is 2.61. The van der Waals surface area contributed by atoms with Crippen LogP contribution in [0.5, 0.6) is 0 Å². The first-order valence-electron chi connectivity index (χ1n) is 5.14. The SMILES string of the molecule is C=CCCN(Cc1ccccc1)C(C)=O. The van der Waals surface area contributed by atoms with E-state index in [2.05, 4.69) is 6.58 Å². The van der Waals surface area contributed by atoms with Crippen molar-refractivity contribution in [2.24, 2.45) is 0 Å². The number of nitrogens with zero attached hydrogens (tertiary/aromatic N) is 1. The standard InChI is InChI=1S/C13H17NO/c1-3-4-10-14(12(2)15)11-13-8-6-5-7-9-13/h3,5-9H,1,4,10-11H2,2H3. The van der Waals surface area contributed by atoms with Crippen LogP contribution in [0, 0.1) is 0 Å². The Morgan fingerprint density at radius 2 is 2.07 bits per heavy atom. The van der Waals surface area contributed by atoms with Gasteiger partial charge in [0, 0.05) is 20.0 Å². The summed E-state index contributed by atoms with van der Waals surface area (Å²) in [7, 11) is 0. The highest BCUT2D eigenvalue weighted by molar-refractivity contribution is 5.73. The molecule has 80 valence electrons. The summed E-state index contributed by atoms with van der Waals surface area (Å²) in [6, 6.07) is 10.0. The van der Waals surface area contributed by atoms with Gasteiger partial charge in [0.15, 0.2) is 0 Å². The van der Waals surface area contributed by atoms with Crippen molar-refractivity contribution < 1.29 is 4.79 Å². The molecule has 0 radical (unpaired) electrons. The van der Waals surface area contributed by atoms with Gasteiger partial charge in [0.25, 0.3) is 0 Å². The maximum Gasteiger partial charge on any atom is 0.219 e. The first-order valence-corrected chi connectivity index (χ1v) is 5.14. The Hall–Kier alpha value is -1.57. The highest BCUT2D eigenvalue weighted by Gasteiger charge is 2.07. The van der Waals surface area contributed by atoms with E-state index in [1.807, 2.05) is 41.3 Å². The molecule has 0 N–H and O–H groups in total. The van der Waals surface area contributed by atoms with Crippen LogP contribution in [0.2, 0.25) is 0 Å². The van der Waals surface area contributed by atoms with E-state index in [0.29, 0.717) is 6.54 Å². The van der Waals surface area contributed by atoms with Crippen molar-refractivity contribution in [3.05, 3.63) is 48.6 Å². The fourth-order valence-electron chi connectivity index (χ4n) is 1.40. The van der Waals surface area contributed by atoms with Crippen molar-refractivity contribution in [1.29, 1.82) is 0 Å². The third-order valence-corrected chi connectivity index (χ3v) is 2.26. The highest BCUT2D eigenvalue weighted by atomic mass is 16.2. The van der Waals surface area contributed by atoms with Crippen LogP contribution >= 0.6 is 0 Å². The number of hydrogen-bond donors (Lipinski definition) is 0. The Bertz CT molecular complexity index is 319. The molecule has 0 spiro atoms. The average Bonchev–Trinajstić information content (AvgIpc) is 2.25. The molecule has 0 aliphatic heterocycles. The molecule has 0 unspecified atom stereocenters. The lowest BCUT2D eigenvalue weighted by molar-refractivity contribution is -0.129. The first kappa shape index (κ1) is 11.5. The van der Waals surface area contributed by atoms with Gasteiger partial charge in [0.1, 0.15) is 0 Å². The number of carbonyl (C=O) groups excluding carboxylic acids is 1. The molecule has 0 bridgehead atoms. The quantitative estimate of drug-likeness (QED) is 0.674. The Labute approximate surface area is 91.2 Å². The van der Waals surface area contributed by atoms with E-state index in [1.165, 1.54) is 0 Å². The van der Waals surface area contributed by atoms with E-state index in [1.54, 1.807) is 6.92 Å². The lowest BCUT2D eigenvalue weighted by Gasteiger charge is -2.20. The number of rotatable bonds is 5. The van der Waals surface area contributed by atoms with Gasteiger partial charge in [0.05, 0.1) is 0 Å². The number of benzene rings is 1. The summed E-state index contributed by atoms with van der Waals surface area (Å²) in [6.45, 7) is 6.69. The Kier molecular flexibility index (Phi) is 4.61. The van der Waals surface area contributed by atoms with E-state index in [9.17, 15) is 4.79 Å². The predicted molar refractivity (Wildman–Crippen MR) is 62.3 cm³/mol. The Morgan fingerprint density at radius 1 is 1.40 bits per heavy atom. The fraction of sp³-hybridized carbons (Fsp3) is 0.308. The summed E-state index contributed by atoms with van der Waals surface area (Å²) >= 11 is 0. The normalized spacial score (nSPS) is 9.67. The van der Waals surface area contributed by atoms with Gasteiger partial charge in [-0.25, -0.2) is 0 Å². The smallest absolute Gasteiger partial charge is 0.219 e. The van der Waals surface area contributed by atoms with Crippen LogP contribution in [0.4, 0.5) is 0 Å². The Morgan fingerprint density at radius 3 is 2.60 bits per heavy atom. The summed E-state index contributed by atoms with van der Waals surface area (Å²) in [6.07, 6.45) is 2.67. The molecule has 0 aliphatic carbocycles. The maximum atomic E-state index is 11.3. The molecule has 0 fully saturated rings. The molecule has 0 saturated carbocycles. The van der Waals surface area contributed by atoms with Crippen molar-refractivity contribution in [3.8, 4) is 0 Å². The van der Waals surface area contributed by atoms with Crippen LogP contribution in [0.25, 0.3) is 0 Å². The molecular weight excluding hydrogens is 186 g/mol. The van der Waals surface area contributed by atoms with Gasteiger partial charge in [0.2, 0.25) is 5.91 Å². The monoisotopic (exact) mass is 203 g/mol. The zero-order valence-electron chi connectivity index (χ0n) is 9.15. The van der Waals surface area contributed by atoms with Crippen molar-refractivity contribution in [2.45, 2.75) is 19.9 Å². The van der Waals surface area contributed by atoms with E-state index in [4.69, 9.17) is 0 Å². The second-order valence-electron chi connectivity index (χ2n) is 3.50. The molecule has 2 nitrogen and oxygen atoms in total. The van der Waals surface area contributed by atoms with Crippen LogP contribution in [-0.2, 0) is 11.3 Å². The number of hydrogen-bond acceptors (Lipinski definition) is 1. The van der Waals surface area contributed by atoms with Crippen molar-refractivity contribution in [3.63, 3.8) is 0 Å².